The molecule has 0 radical (unpaired) electrons. The van der Waals surface area contributed by atoms with E-state index in [2.05, 4.69) is 4.74 Å². The fraction of sp³-hybridized carbons (Fsp3) is 0.357. The van der Waals surface area contributed by atoms with Crippen molar-refractivity contribution >= 4 is 39.2 Å². The van der Waals surface area contributed by atoms with Crippen LogP contribution in [0.1, 0.15) is 6.92 Å². The molecule has 0 spiro atoms. The van der Waals surface area contributed by atoms with Crippen LogP contribution < -0.4 is 4.74 Å². The number of nitrogens with zero attached hydrogens (tertiary/aromatic N) is 1. The predicted octanol–water partition coefficient (Wildman–Crippen LogP) is 2.49. The van der Waals surface area contributed by atoms with Crippen LogP contribution in [0, 0.1) is 0 Å². The highest BCUT2D eigenvalue weighted by Gasteiger charge is 2.36. The fourth-order valence-corrected chi connectivity index (χ4v) is 4.51. The third kappa shape index (κ3) is 3.63. The number of rotatable bonds is 2. The van der Waals surface area contributed by atoms with Gasteiger partial charge in [-0.15, -0.1) is 0 Å². The number of sulfonamides is 1. The Kier molecular flexibility index (Phi) is 5.57. The number of fused-ring (bicyclic) bond motifs is 1. The molecule has 2 rings (SSSR count). The van der Waals surface area contributed by atoms with E-state index in [9.17, 15) is 13.2 Å². The minimum absolute atomic E-state index is 0.00434. The first-order chi connectivity index (χ1) is 10.8. The summed E-state index contributed by atoms with van der Waals surface area (Å²) in [4.78, 5) is 11.6. The van der Waals surface area contributed by atoms with Crippen LogP contribution in [0.4, 0.5) is 0 Å². The molecule has 1 atom stereocenters. The maximum Gasteiger partial charge on any atom is 0.323 e. The molecule has 1 aliphatic rings. The summed E-state index contributed by atoms with van der Waals surface area (Å²) in [6.45, 7) is 1.58. The first-order valence-electron chi connectivity index (χ1n) is 6.65. The Bertz CT molecular complexity index is 748. The van der Waals surface area contributed by atoms with Crippen LogP contribution in [-0.4, -0.2) is 45.0 Å². The lowest BCUT2D eigenvalue weighted by molar-refractivity contribution is -0.144. The van der Waals surface area contributed by atoms with Crippen molar-refractivity contribution in [2.75, 3.05) is 20.3 Å². The molecule has 0 aliphatic carbocycles. The van der Waals surface area contributed by atoms with Gasteiger partial charge in [0.2, 0.25) is 10.0 Å². The standard InChI is InChI=1S/C14H15Cl2NO5S/c1-9(14(18)21-2)17-5-3-4-6-22-13-11(16)7-10(15)8-12(13)23(17,19)20/h3-4,7-9H,5-6H2,1-2H3/b4-3-/t9-/m0/s1. The summed E-state index contributed by atoms with van der Waals surface area (Å²) < 4.78 is 37.1. The lowest BCUT2D eigenvalue weighted by atomic mass is 10.3. The van der Waals surface area contributed by atoms with E-state index in [4.69, 9.17) is 27.9 Å². The topological polar surface area (TPSA) is 72.9 Å². The van der Waals surface area contributed by atoms with Gasteiger partial charge >= 0.3 is 5.97 Å². The summed E-state index contributed by atoms with van der Waals surface area (Å²) in [5, 5.41) is 0.232. The molecule has 0 fully saturated rings. The number of hydrogen-bond donors (Lipinski definition) is 0. The Morgan fingerprint density at radius 1 is 1.35 bits per heavy atom. The monoisotopic (exact) mass is 379 g/mol. The van der Waals surface area contributed by atoms with Crippen molar-refractivity contribution in [1.82, 2.24) is 4.31 Å². The SMILES string of the molecule is COC(=O)[C@H](C)N1C/C=C\COc2c(Cl)cc(Cl)cc2S1(=O)=O. The minimum atomic E-state index is -4.08. The first kappa shape index (κ1) is 18.1. The van der Waals surface area contributed by atoms with Crippen LogP contribution in [0.15, 0.2) is 29.2 Å². The predicted molar refractivity (Wildman–Crippen MR) is 86.5 cm³/mol. The lowest BCUT2D eigenvalue weighted by Gasteiger charge is -2.26. The third-order valence-corrected chi connectivity index (χ3v) is 5.75. The molecule has 0 aromatic heterocycles. The average Bonchev–Trinajstić information content (AvgIpc) is 2.55. The van der Waals surface area contributed by atoms with E-state index in [0.29, 0.717) is 0 Å². The summed E-state index contributed by atoms with van der Waals surface area (Å²) in [6.07, 6.45) is 3.24. The number of methoxy groups -OCH3 is 1. The molecule has 126 valence electrons. The Morgan fingerprint density at radius 2 is 2.04 bits per heavy atom. The second kappa shape index (κ2) is 7.09. The van der Waals surface area contributed by atoms with Gasteiger partial charge in [0.1, 0.15) is 17.5 Å². The second-order valence-corrected chi connectivity index (χ2v) is 7.47. The van der Waals surface area contributed by atoms with Crippen molar-refractivity contribution in [3.63, 3.8) is 0 Å². The minimum Gasteiger partial charge on any atom is -0.487 e. The molecule has 0 saturated carbocycles. The number of benzene rings is 1. The average molecular weight is 380 g/mol. The normalized spacial score (nSPS) is 20.2. The molecular formula is C14H15Cl2NO5S. The molecular weight excluding hydrogens is 365 g/mol. The number of carbonyl (C=O) groups excluding carboxylic acids is 1. The highest BCUT2D eigenvalue weighted by molar-refractivity contribution is 7.89. The Labute approximate surface area is 144 Å². The highest BCUT2D eigenvalue weighted by atomic mass is 35.5. The van der Waals surface area contributed by atoms with E-state index in [1.165, 1.54) is 26.2 Å². The van der Waals surface area contributed by atoms with Gasteiger partial charge in [0.25, 0.3) is 0 Å². The Hall–Kier alpha value is -1.28. The van der Waals surface area contributed by atoms with Gasteiger partial charge < -0.3 is 9.47 Å². The summed E-state index contributed by atoms with van der Waals surface area (Å²) in [6, 6.07) is 1.63. The Balaban J connectivity index is 2.64. The van der Waals surface area contributed by atoms with Crippen molar-refractivity contribution in [2.24, 2.45) is 0 Å². The van der Waals surface area contributed by atoms with E-state index >= 15 is 0 Å². The van der Waals surface area contributed by atoms with Crippen molar-refractivity contribution in [3.8, 4) is 5.75 Å². The van der Waals surface area contributed by atoms with Gasteiger partial charge in [0.15, 0.2) is 5.75 Å². The highest BCUT2D eigenvalue weighted by Crippen LogP contribution is 2.37. The second-order valence-electron chi connectivity index (χ2n) is 4.77. The molecule has 0 N–H and O–H groups in total. The number of halogens is 2. The quantitative estimate of drug-likeness (QED) is 0.582. The molecule has 9 heteroatoms. The first-order valence-corrected chi connectivity index (χ1v) is 8.85. The van der Waals surface area contributed by atoms with E-state index in [0.717, 1.165) is 4.31 Å². The summed E-state index contributed by atoms with van der Waals surface area (Å²) in [5.74, 6) is -0.665. The molecule has 0 bridgehead atoms. The van der Waals surface area contributed by atoms with Crippen LogP contribution in [0.25, 0.3) is 0 Å². The number of ether oxygens (including phenoxy) is 2. The zero-order chi connectivity index (χ0) is 17.2. The van der Waals surface area contributed by atoms with Crippen LogP contribution in [0.5, 0.6) is 5.75 Å². The number of carbonyl (C=O) groups is 1. The number of hydrogen-bond acceptors (Lipinski definition) is 5. The summed E-state index contributed by atoms with van der Waals surface area (Å²) in [7, 11) is -2.88. The molecule has 1 heterocycles. The van der Waals surface area contributed by atoms with Gasteiger partial charge in [0.05, 0.1) is 12.1 Å². The molecule has 1 aromatic rings. The maximum atomic E-state index is 13.0. The Morgan fingerprint density at radius 3 is 2.70 bits per heavy atom. The van der Waals surface area contributed by atoms with Crippen molar-refractivity contribution < 1.29 is 22.7 Å². The number of esters is 1. The van der Waals surface area contributed by atoms with Gasteiger partial charge in [-0.05, 0) is 19.1 Å². The zero-order valence-electron chi connectivity index (χ0n) is 12.5. The van der Waals surface area contributed by atoms with Crippen LogP contribution in [0.2, 0.25) is 10.0 Å². The maximum absolute atomic E-state index is 13.0. The third-order valence-electron chi connectivity index (χ3n) is 3.31. The smallest absolute Gasteiger partial charge is 0.323 e. The van der Waals surface area contributed by atoms with Gasteiger partial charge in [-0.3, -0.25) is 4.79 Å². The lowest BCUT2D eigenvalue weighted by Crippen LogP contribution is -2.43. The van der Waals surface area contributed by atoms with Crippen molar-refractivity contribution in [3.05, 3.63) is 34.3 Å². The molecule has 6 nitrogen and oxygen atoms in total. The molecule has 23 heavy (non-hydrogen) atoms. The molecule has 1 aromatic carbocycles. The largest absolute Gasteiger partial charge is 0.487 e. The zero-order valence-corrected chi connectivity index (χ0v) is 14.8. The molecule has 1 aliphatic heterocycles. The fourth-order valence-electron chi connectivity index (χ4n) is 2.13. The molecule has 0 saturated heterocycles. The van der Waals surface area contributed by atoms with E-state index in [1.54, 1.807) is 12.2 Å². The van der Waals surface area contributed by atoms with Gasteiger partial charge in [0, 0.05) is 11.6 Å². The summed E-state index contributed by atoms with van der Waals surface area (Å²) in [5.41, 5.74) is 0. The van der Waals surface area contributed by atoms with Crippen LogP contribution >= 0.6 is 23.2 Å². The van der Waals surface area contributed by atoms with Gasteiger partial charge in [-0.2, -0.15) is 4.31 Å². The van der Waals surface area contributed by atoms with E-state index < -0.39 is 22.0 Å². The van der Waals surface area contributed by atoms with Crippen LogP contribution in [0.3, 0.4) is 0 Å². The molecule has 0 amide bonds. The van der Waals surface area contributed by atoms with Crippen molar-refractivity contribution in [1.29, 1.82) is 0 Å². The van der Waals surface area contributed by atoms with E-state index in [-0.39, 0.29) is 33.8 Å². The van der Waals surface area contributed by atoms with Gasteiger partial charge in [-0.1, -0.05) is 35.4 Å². The van der Waals surface area contributed by atoms with Gasteiger partial charge in [-0.25, -0.2) is 8.42 Å². The van der Waals surface area contributed by atoms with Crippen LogP contribution in [-0.2, 0) is 19.6 Å². The van der Waals surface area contributed by atoms with Crippen molar-refractivity contribution in [2.45, 2.75) is 17.9 Å². The molecule has 0 unspecified atom stereocenters. The summed E-state index contributed by atoms with van der Waals surface area (Å²) >= 11 is 12.0. The van der Waals surface area contributed by atoms with E-state index in [1.807, 2.05) is 0 Å².